The zero-order valence-corrected chi connectivity index (χ0v) is 14.1. The molecule has 3 N–H and O–H groups in total. The summed E-state index contributed by atoms with van der Waals surface area (Å²) >= 11 is 0. The van der Waals surface area contributed by atoms with Crippen LogP contribution in [0.5, 0.6) is 0 Å². The van der Waals surface area contributed by atoms with E-state index in [9.17, 15) is 14.0 Å². The van der Waals surface area contributed by atoms with Gasteiger partial charge in [-0.15, -0.1) is 0 Å². The third-order valence-electron chi connectivity index (χ3n) is 4.00. The molecule has 0 aromatic heterocycles. The number of fused-ring (bicyclic) bond motifs is 1. The lowest BCUT2D eigenvalue weighted by Crippen LogP contribution is -2.31. The highest BCUT2D eigenvalue weighted by molar-refractivity contribution is 6.06. The van der Waals surface area contributed by atoms with E-state index in [0.29, 0.717) is 17.1 Å². The zero-order valence-electron chi connectivity index (χ0n) is 14.1. The van der Waals surface area contributed by atoms with E-state index in [0.717, 1.165) is 5.56 Å². The summed E-state index contributed by atoms with van der Waals surface area (Å²) in [5, 5.41) is 8.72. The van der Waals surface area contributed by atoms with Crippen LogP contribution in [0.1, 0.15) is 31.7 Å². The predicted molar refractivity (Wildman–Crippen MR) is 96.2 cm³/mol. The van der Waals surface area contributed by atoms with Gasteiger partial charge in [0.05, 0.1) is 17.3 Å². The molecule has 0 saturated carbocycles. The molecule has 2 amide bonds. The van der Waals surface area contributed by atoms with Crippen molar-refractivity contribution < 1.29 is 14.0 Å². The Bertz CT molecular complexity index is 820. The Morgan fingerprint density at radius 1 is 1.20 bits per heavy atom. The van der Waals surface area contributed by atoms with Crippen LogP contribution in [0, 0.1) is 5.82 Å². The lowest BCUT2D eigenvalue weighted by molar-refractivity contribution is -0.123. The fourth-order valence-electron chi connectivity index (χ4n) is 2.92. The molecule has 1 atom stereocenters. The Hall–Kier alpha value is -2.89. The summed E-state index contributed by atoms with van der Waals surface area (Å²) in [6, 6.07) is 11.5. The fourth-order valence-corrected chi connectivity index (χ4v) is 2.92. The van der Waals surface area contributed by atoms with Crippen LogP contribution in [0.2, 0.25) is 0 Å². The molecule has 0 aliphatic carbocycles. The molecular formula is C19H20FN3O2. The molecule has 5 nitrogen and oxygen atoms in total. The summed E-state index contributed by atoms with van der Waals surface area (Å²) in [7, 11) is 0. The van der Waals surface area contributed by atoms with Gasteiger partial charge in [-0.25, -0.2) is 4.39 Å². The number of rotatable bonds is 4. The molecule has 1 aliphatic heterocycles. The van der Waals surface area contributed by atoms with Crippen molar-refractivity contribution in [2.75, 3.05) is 16.0 Å². The second-order valence-corrected chi connectivity index (χ2v) is 6.37. The van der Waals surface area contributed by atoms with E-state index >= 15 is 0 Å². The highest BCUT2D eigenvalue weighted by Crippen LogP contribution is 2.33. The van der Waals surface area contributed by atoms with Crippen LogP contribution in [0.3, 0.4) is 0 Å². The Labute approximate surface area is 145 Å². The average Bonchev–Trinajstić information content (AvgIpc) is 2.56. The zero-order chi connectivity index (χ0) is 18.0. The van der Waals surface area contributed by atoms with E-state index in [1.54, 1.807) is 6.07 Å². The molecule has 25 heavy (non-hydrogen) atoms. The number of amides is 2. The maximum absolute atomic E-state index is 13.5. The van der Waals surface area contributed by atoms with Gasteiger partial charge in [0.25, 0.3) is 0 Å². The molecule has 1 aliphatic rings. The molecule has 130 valence electrons. The number of carbonyl (C=O) groups is 2. The molecule has 0 radical (unpaired) electrons. The van der Waals surface area contributed by atoms with Crippen LogP contribution in [0.25, 0.3) is 0 Å². The van der Waals surface area contributed by atoms with E-state index in [-0.39, 0.29) is 30.1 Å². The van der Waals surface area contributed by atoms with Gasteiger partial charge >= 0.3 is 0 Å². The summed E-state index contributed by atoms with van der Waals surface area (Å²) in [4.78, 5) is 24.7. The van der Waals surface area contributed by atoms with Gasteiger partial charge in [0, 0.05) is 18.2 Å². The summed E-state index contributed by atoms with van der Waals surface area (Å²) < 4.78 is 13.5. The number of halogens is 1. The molecule has 3 rings (SSSR count). The Balaban J connectivity index is 1.87. The van der Waals surface area contributed by atoms with Crippen molar-refractivity contribution >= 4 is 28.9 Å². The number of para-hydroxylation sites is 1. The monoisotopic (exact) mass is 341 g/mol. The highest BCUT2D eigenvalue weighted by Gasteiger charge is 2.30. The molecule has 0 spiro atoms. The first kappa shape index (κ1) is 17.0. The van der Waals surface area contributed by atoms with Gasteiger partial charge in [-0.05, 0) is 43.7 Å². The standard InChI is InChI=1S/C19H20FN3O2/c1-11(2)21-17-9-12(20)7-8-16(17)23-19(25)14-10-18(24)22-15-6-4-3-5-13(14)15/h3-9,11,14,21H,10H2,1-2H3,(H,22,24)(H,23,25)/t14-/m0/s1. The first-order valence-electron chi connectivity index (χ1n) is 8.20. The van der Waals surface area contributed by atoms with E-state index in [2.05, 4.69) is 16.0 Å². The maximum Gasteiger partial charge on any atom is 0.232 e. The van der Waals surface area contributed by atoms with Crippen LogP contribution < -0.4 is 16.0 Å². The van der Waals surface area contributed by atoms with E-state index < -0.39 is 5.92 Å². The Morgan fingerprint density at radius 2 is 1.96 bits per heavy atom. The van der Waals surface area contributed by atoms with Crippen molar-refractivity contribution in [2.45, 2.75) is 32.2 Å². The van der Waals surface area contributed by atoms with Gasteiger partial charge in [-0.3, -0.25) is 9.59 Å². The number of hydrogen-bond donors (Lipinski definition) is 3. The van der Waals surface area contributed by atoms with Crippen molar-refractivity contribution in [3.05, 3.63) is 53.8 Å². The minimum atomic E-state index is -0.582. The number of carbonyl (C=O) groups excluding carboxylic acids is 2. The van der Waals surface area contributed by atoms with Gasteiger partial charge in [0.2, 0.25) is 11.8 Å². The van der Waals surface area contributed by atoms with Gasteiger partial charge in [-0.1, -0.05) is 18.2 Å². The van der Waals surface area contributed by atoms with E-state index in [1.165, 1.54) is 18.2 Å². The maximum atomic E-state index is 13.5. The second-order valence-electron chi connectivity index (χ2n) is 6.37. The largest absolute Gasteiger partial charge is 0.381 e. The van der Waals surface area contributed by atoms with Crippen LogP contribution in [0.15, 0.2) is 42.5 Å². The summed E-state index contributed by atoms with van der Waals surface area (Å²) in [6.45, 7) is 3.86. The van der Waals surface area contributed by atoms with Crippen LogP contribution in [-0.4, -0.2) is 17.9 Å². The number of hydrogen-bond acceptors (Lipinski definition) is 3. The summed E-state index contributed by atoms with van der Waals surface area (Å²) in [5.41, 5.74) is 2.43. The first-order valence-corrected chi connectivity index (χ1v) is 8.20. The van der Waals surface area contributed by atoms with Crippen molar-refractivity contribution in [3.8, 4) is 0 Å². The van der Waals surface area contributed by atoms with Gasteiger partial charge < -0.3 is 16.0 Å². The SMILES string of the molecule is CC(C)Nc1cc(F)ccc1NC(=O)[C@H]1CC(=O)Nc2ccccc21. The molecular weight excluding hydrogens is 321 g/mol. The number of anilines is 3. The predicted octanol–water partition coefficient (Wildman–Crippen LogP) is 3.71. The fraction of sp³-hybridized carbons (Fsp3) is 0.263. The summed E-state index contributed by atoms with van der Waals surface area (Å²) in [6.07, 6.45) is 0.0803. The van der Waals surface area contributed by atoms with E-state index in [1.807, 2.05) is 32.0 Å². The first-order chi connectivity index (χ1) is 11.9. The highest BCUT2D eigenvalue weighted by atomic mass is 19.1. The normalized spacial score (nSPS) is 16.2. The van der Waals surface area contributed by atoms with Gasteiger partial charge in [0.1, 0.15) is 5.82 Å². The van der Waals surface area contributed by atoms with Gasteiger partial charge in [0.15, 0.2) is 0 Å². The van der Waals surface area contributed by atoms with Crippen LogP contribution in [-0.2, 0) is 9.59 Å². The van der Waals surface area contributed by atoms with Crippen molar-refractivity contribution in [2.24, 2.45) is 0 Å². The molecule has 2 aromatic rings. The van der Waals surface area contributed by atoms with E-state index in [4.69, 9.17) is 0 Å². The Kier molecular flexibility index (Phi) is 4.70. The molecule has 0 bridgehead atoms. The Morgan fingerprint density at radius 3 is 2.72 bits per heavy atom. The molecule has 6 heteroatoms. The number of benzene rings is 2. The van der Waals surface area contributed by atoms with Crippen molar-refractivity contribution in [1.82, 2.24) is 0 Å². The third kappa shape index (κ3) is 3.79. The van der Waals surface area contributed by atoms with Crippen molar-refractivity contribution in [1.29, 1.82) is 0 Å². The minimum absolute atomic E-state index is 0.0803. The molecule has 0 unspecified atom stereocenters. The molecule has 0 saturated heterocycles. The topological polar surface area (TPSA) is 70.2 Å². The average molecular weight is 341 g/mol. The van der Waals surface area contributed by atoms with Gasteiger partial charge in [-0.2, -0.15) is 0 Å². The molecule has 1 heterocycles. The lowest BCUT2D eigenvalue weighted by Gasteiger charge is -2.25. The quantitative estimate of drug-likeness (QED) is 0.794. The van der Waals surface area contributed by atoms with Crippen LogP contribution >= 0.6 is 0 Å². The number of nitrogens with one attached hydrogen (secondary N) is 3. The lowest BCUT2D eigenvalue weighted by atomic mass is 9.89. The second kappa shape index (κ2) is 6.93. The van der Waals surface area contributed by atoms with Crippen LogP contribution in [0.4, 0.5) is 21.5 Å². The minimum Gasteiger partial charge on any atom is -0.381 e. The smallest absolute Gasteiger partial charge is 0.232 e. The molecule has 0 fully saturated rings. The third-order valence-corrected chi connectivity index (χ3v) is 4.00. The molecule has 2 aromatic carbocycles. The van der Waals surface area contributed by atoms with Crippen molar-refractivity contribution in [3.63, 3.8) is 0 Å². The summed E-state index contributed by atoms with van der Waals surface area (Å²) in [5.74, 6) is -1.45.